The smallest absolute Gasteiger partial charge is 0.254 e. The zero-order valence-electron chi connectivity index (χ0n) is 23.3. The Hall–Kier alpha value is -3.91. The molecule has 0 bridgehead atoms. The van der Waals surface area contributed by atoms with E-state index in [4.69, 9.17) is 14.2 Å². The molecule has 1 aliphatic rings. The Morgan fingerprint density at radius 1 is 0.975 bits per heavy atom. The van der Waals surface area contributed by atoms with Gasteiger partial charge in [-0.1, -0.05) is 44.2 Å². The van der Waals surface area contributed by atoms with E-state index in [-0.39, 0.29) is 43.8 Å². The summed E-state index contributed by atoms with van der Waals surface area (Å²) in [5, 5.41) is 0. The number of hydrogen-bond donors (Lipinski definition) is 0. The maximum absolute atomic E-state index is 13.5. The SMILES string of the molecule is CC(C)COc1ccc(C(=O)N2CCO[C@](COc3ccc(F)cc3)(CC(=O)N(C)Cc3ccccc3)C2)cc1. The molecule has 0 aromatic heterocycles. The van der Waals surface area contributed by atoms with Crippen LogP contribution < -0.4 is 9.47 Å². The van der Waals surface area contributed by atoms with E-state index >= 15 is 0 Å². The molecule has 4 rings (SSSR count). The number of amides is 2. The van der Waals surface area contributed by atoms with Crippen LogP contribution in [-0.4, -0.2) is 67.2 Å². The largest absolute Gasteiger partial charge is 0.493 e. The van der Waals surface area contributed by atoms with Crippen LogP contribution in [-0.2, 0) is 16.1 Å². The lowest BCUT2D eigenvalue weighted by molar-refractivity contribution is -0.152. The van der Waals surface area contributed by atoms with Crippen LogP contribution in [0.4, 0.5) is 4.39 Å². The van der Waals surface area contributed by atoms with E-state index in [1.54, 1.807) is 41.1 Å². The monoisotopic (exact) mass is 548 g/mol. The molecular formula is C32H37FN2O5. The molecule has 3 aromatic rings. The van der Waals surface area contributed by atoms with Crippen molar-refractivity contribution in [2.45, 2.75) is 32.4 Å². The molecule has 7 nitrogen and oxygen atoms in total. The fourth-order valence-corrected chi connectivity index (χ4v) is 4.50. The highest BCUT2D eigenvalue weighted by molar-refractivity contribution is 5.94. The highest BCUT2D eigenvalue weighted by Crippen LogP contribution is 2.27. The molecule has 212 valence electrons. The van der Waals surface area contributed by atoms with Crippen molar-refractivity contribution >= 4 is 11.8 Å². The van der Waals surface area contributed by atoms with Crippen LogP contribution in [0.3, 0.4) is 0 Å². The molecule has 1 aliphatic heterocycles. The highest BCUT2D eigenvalue weighted by Gasteiger charge is 2.42. The van der Waals surface area contributed by atoms with Gasteiger partial charge in [-0.3, -0.25) is 9.59 Å². The molecule has 0 N–H and O–H groups in total. The summed E-state index contributed by atoms with van der Waals surface area (Å²) in [4.78, 5) is 30.2. The predicted octanol–water partition coefficient (Wildman–Crippen LogP) is 5.20. The minimum Gasteiger partial charge on any atom is -0.493 e. The molecule has 1 atom stereocenters. The summed E-state index contributed by atoms with van der Waals surface area (Å²) in [6, 6.07) is 22.5. The summed E-state index contributed by atoms with van der Waals surface area (Å²) in [5.74, 6) is 0.902. The van der Waals surface area contributed by atoms with Crippen LogP contribution in [0.1, 0.15) is 36.2 Å². The summed E-state index contributed by atoms with van der Waals surface area (Å²) in [5.41, 5.74) is 0.460. The Morgan fingerprint density at radius 2 is 1.62 bits per heavy atom. The molecule has 1 saturated heterocycles. The van der Waals surface area contributed by atoms with E-state index in [1.165, 1.54) is 24.3 Å². The van der Waals surface area contributed by atoms with E-state index in [9.17, 15) is 14.0 Å². The van der Waals surface area contributed by atoms with E-state index in [1.807, 2.05) is 30.3 Å². The summed E-state index contributed by atoms with van der Waals surface area (Å²) < 4.78 is 31.4. The Bertz CT molecular complexity index is 1250. The first-order valence-electron chi connectivity index (χ1n) is 13.6. The second kappa shape index (κ2) is 13.4. The van der Waals surface area contributed by atoms with Crippen molar-refractivity contribution in [3.8, 4) is 11.5 Å². The molecule has 0 radical (unpaired) electrons. The Kier molecular flexibility index (Phi) is 9.77. The van der Waals surface area contributed by atoms with Crippen LogP contribution in [0.2, 0.25) is 0 Å². The molecule has 40 heavy (non-hydrogen) atoms. The number of ether oxygens (including phenoxy) is 3. The van der Waals surface area contributed by atoms with Gasteiger partial charge in [-0.25, -0.2) is 4.39 Å². The highest BCUT2D eigenvalue weighted by atomic mass is 19.1. The molecule has 1 heterocycles. The van der Waals surface area contributed by atoms with Gasteiger partial charge in [-0.05, 0) is 60.0 Å². The van der Waals surface area contributed by atoms with Gasteiger partial charge in [0.15, 0.2) is 0 Å². The average molecular weight is 549 g/mol. The number of carbonyl (C=O) groups is 2. The van der Waals surface area contributed by atoms with Gasteiger partial charge in [0.1, 0.15) is 29.5 Å². The number of hydrogen-bond acceptors (Lipinski definition) is 5. The molecule has 0 unspecified atom stereocenters. The van der Waals surface area contributed by atoms with E-state index in [0.717, 1.165) is 5.56 Å². The number of halogens is 1. The van der Waals surface area contributed by atoms with Gasteiger partial charge < -0.3 is 24.0 Å². The Balaban J connectivity index is 1.49. The van der Waals surface area contributed by atoms with Crippen LogP contribution in [0.15, 0.2) is 78.9 Å². The zero-order valence-corrected chi connectivity index (χ0v) is 23.3. The van der Waals surface area contributed by atoms with Crippen molar-refractivity contribution < 1.29 is 28.2 Å². The maximum Gasteiger partial charge on any atom is 0.254 e. The Morgan fingerprint density at radius 3 is 2.30 bits per heavy atom. The average Bonchev–Trinajstić information content (AvgIpc) is 2.96. The lowest BCUT2D eigenvalue weighted by atomic mass is 9.96. The van der Waals surface area contributed by atoms with Crippen molar-refractivity contribution in [2.75, 3.05) is 40.0 Å². The molecule has 0 saturated carbocycles. The zero-order chi connectivity index (χ0) is 28.5. The lowest BCUT2D eigenvalue weighted by Gasteiger charge is -2.42. The van der Waals surface area contributed by atoms with Crippen molar-refractivity contribution in [3.05, 3.63) is 95.8 Å². The van der Waals surface area contributed by atoms with Gasteiger partial charge >= 0.3 is 0 Å². The molecule has 3 aromatic carbocycles. The van der Waals surface area contributed by atoms with Gasteiger partial charge in [-0.15, -0.1) is 0 Å². The fraction of sp³-hybridized carbons (Fsp3) is 0.375. The fourth-order valence-electron chi connectivity index (χ4n) is 4.50. The lowest BCUT2D eigenvalue weighted by Crippen LogP contribution is -2.58. The standard InChI is InChI=1S/C32H37FN2O5/c1-24(2)21-38-28-13-9-26(10-14-28)31(37)35-17-18-40-32(22-35,23-39-29-15-11-27(33)12-16-29)19-30(36)34(3)20-25-7-5-4-6-8-25/h4-16,24H,17-23H2,1-3H3/t32-/m1/s1. The molecular weight excluding hydrogens is 511 g/mol. The molecule has 0 spiro atoms. The molecule has 0 aliphatic carbocycles. The van der Waals surface area contributed by atoms with Gasteiger partial charge in [0.2, 0.25) is 5.91 Å². The van der Waals surface area contributed by atoms with Crippen LogP contribution in [0, 0.1) is 11.7 Å². The molecule has 2 amide bonds. The number of benzene rings is 3. The van der Waals surface area contributed by atoms with Crippen molar-refractivity contribution in [2.24, 2.45) is 5.92 Å². The summed E-state index contributed by atoms with van der Waals surface area (Å²) in [7, 11) is 1.75. The van der Waals surface area contributed by atoms with Gasteiger partial charge in [0.25, 0.3) is 5.91 Å². The van der Waals surface area contributed by atoms with Crippen LogP contribution >= 0.6 is 0 Å². The minimum absolute atomic E-state index is 0.0172. The van der Waals surface area contributed by atoms with Gasteiger partial charge in [0.05, 0.1) is 26.2 Å². The van der Waals surface area contributed by atoms with Crippen molar-refractivity contribution in [1.29, 1.82) is 0 Å². The second-order valence-corrected chi connectivity index (χ2v) is 10.6. The molecule has 1 fully saturated rings. The van der Waals surface area contributed by atoms with Gasteiger partial charge in [0, 0.05) is 25.7 Å². The maximum atomic E-state index is 13.5. The summed E-state index contributed by atoms with van der Waals surface area (Å²) in [6.07, 6.45) is 0.0172. The Labute approximate surface area is 235 Å². The van der Waals surface area contributed by atoms with E-state index in [0.29, 0.717) is 42.7 Å². The summed E-state index contributed by atoms with van der Waals surface area (Å²) in [6.45, 7) is 6.03. The van der Waals surface area contributed by atoms with E-state index < -0.39 is 5.60 Å². The normalized spacial score (nSPS) is 17.0. The number of nitrogens with zero attached hydrogens (tertiary/aromatic N) is 2. The van der Waals surface area contributed by atoms with E-state index in [2.05, 4.69) is 13.8 Å². The minimum atomic E-state index is -1.08. The number of morpholine rings is 1. The first-order chi connectivity index (χ1) is 19.2. The van der Waals surface area contributed by atoms with Crippen molar-refractivity contribution in [1.82, 2.24) is 9.80 Å². The van der Waals surface area contributed by atoms with Crippen molar-refractivity contribution in [3.63, 3.8) is 0 Å². The van der Waals surface area contributed by atoms with Gasteiger partial charge in [-0.2, -0.15) is 0 Å². The third-order valence-electron chi connectivity index (χ3n) is 6.70. The third kappa shape index (κ3) is 8.05. The first kappa shape index (κ1) is 29.1. The first-order valence-corrected chi connectivity index (χ1v) is 13.6. The topological polar surface area (TPSA) is 68.3 Å². The van der Waals surface area contributed by atoms with Crippen LogP contribution in [0.25, 0.3) is 0 Å². The number of carbonyl (C=O) groups excluding carboxylic acids is 2. The quantitative estimate of drug-likeness (QED) is 0.330. The second-order valence-electron chi connectivity index (χ2n) is 10.6. The van der Waals surface area contributed by atoms with Crippen LogP contribution in [0.5, 0.6) is 11.5 Å². The molecule has 8 heteroatoms. The predicted molar refractivity (Wildman–Crippen MR) is 151 cm³/mol. The summed E-state index contributed by atoms with van der Waals surface area (Å²) >= 11 is 0. The third-order valence-corrected chi connectivity index (χ3v) is 6.70. The number of rotatable bonds is 11.